The number of urea groups is 1. The summed E-state index contributed by atoms with van der Waals surface area (Å²) in [4.78, 5) is 48.3. The molecule has 3 amide bonds. The van der Waals surface area contributed by atoms with E-state index in [4.69, 9.17) is 39.5 Å². The number of alkyl halides is 3. The largest absolute Gasteiger partial charge is 0.495 e. The molecule has 5 rings (SSSR count). The molecule has 1 saturated heterocycles. The Bertz CT molecular complexity index is 1980. The number of nitrogens with zero attached hydrogens (tertiary/aromatic N) is 4. The second-order valence-electron chi connectivity index (χ2n) is 13.1. The molecule has 1 atom stereocenters. The molecule has 1 fully saturated rings. The number of ether oxygens (including phenoxy) is 1. The van der Waals surface area contributed by atoms with Crippen LogP contribution >= 0.6 is 58.5 Å². The van der Waals surface area contributed by atoms with Crippen LogP contribution in [0.15, 0.2) is 44.9 Å². The van der Waals surface area contributed by atoms with Gasteiger partial charge in [0.05, 0.1) is 41.4 Å². The van der Waals surface area contributed by atoms with E-state index in [9.17, 15) is 28.4 Å². The Morgan fingerprint density at radius 1 is 1.17 bits per heavy atom. The molecule has 278 valence electrons. The summed E-state index contributed by atoms with van der Waals surface area (Å²) in [5.74, 6) is -0.437. The first kappa shape index (κ1) is 40.0. The van der Waals surface area contributed by atoms with E-state index < -0.39 is 34.1 Å². The van der Waals surface area contributed by atoms with Crippen molar-refractivity contribution < 1.29 is 23.1 Å². The molecule has 2 aromatic carbocycles. The molecule has 2 aliphatic heterocycles. The average molecular weight is 814 g/mol. The van der Waals surface area contributed by atoms with Gasteiger partial charge in [0.25, 0.3) is 11.5 Å². The fourth-order valence-electron chi connectivity index (χ4n) is 6.09. The number of fused-ring (bicyclic) bond motifs is 1. The maximum absolute atomic E-state index is 14.5. The molecular weight excluding hydrogens is 777 g/mol. The standard InChI is InChI=1S/C35H37Cl3F2N6O4S2/c1-6-44-12-7-13-45(33(44)49)24-14-20-18-46(23(10-11-41)21(20)15-25(24)50-5)32(48)28-26(16-27(35(38,39)40)43-31(28)47)51-30-22(36)9-8-19(29(30)37)17-42-52-34(2,3)4/h8-9,14-16,23,42H,6-7,10,12-13,17-18H2,1-5H3,(H,43,47). The van der Waals surface area contributed by atoms with Gasteiger partial charge in [-0.05, 0) is 86.7 Å². The highest BCUT2D eigenvalue weighted by Crippen LogP contribution is 2.46. The van der Waals surface area contributed by atoms with Crippen LogP contribution in [-0.4, -0.2) is 58.2 Å². The lowest BCUT2D eigenvalue weighted by Crippen LogP contribution is -2.49. The Balaban J connectivity index is 1.57. The lowest BCUT2D eigenvalue weighted by molar-refractivity contribution is 0.0684. The fourth-order valence-corrected chi connectivity index (χ4v) is 8.58. The van der Waals surface area contributed by atoms with E-state index >= 15 is 0 Å². The number of hydrogen-bond donors (Lipinski definition) is 2. The molecule has 2 N–H and O–H groups in total. The zero-order chi connectivity index (χ0) is 38.1. The number of hydrogen-bond acceptors (Lipinski definition) is 8. The maximum Gasteiger partial charge on any atom is 0.362 e. The van der Waals surface area contributed by atoms with Gasteiger partial charge in [-0.3, -0.25) is 19.2 Å². The van der Waals surface area contributed by atoms with Gasteiger partial charge in [-0.15, -0.1) is 0 Å². The van der Waals surface area contributed by atoms with Gasteiger partial charge in [-0.1, -0.05) is 53.0 Å². The molecule has 0 aliphatic carbocycles. The highest BCUT2D eigenvalue weighted by molar-refractivity contribution is 7.99. The third kappa shape index (κ3) is 8.45. The van der Waals surface area contributed by atoms with Gasteiger partial charge in [0.1, 0.15) is 17.0 Å². The van der Waals surface area contributed by atoms with Crippen LogP contribution in [-0.2, 0) is 18.5 Å². The number of pyridine rings is 1. The van der Waals surface area contributed by atoms with Gasteiger partial charge in [-0.2, -0.15) is 14.0 Å². The van der Waals surface area contributed by atoms with Crippen LogP contribution < -0.4 is 19.9 Å². The van der Waals surface area contributed by atoms with Crippen molar-refractivity contribution in [1.29, 1.82) is 5.26 Å². The second-order valence-corrected chi connectivity index (χ2v) is 17.2. The van der Waals surface area contributed by atoms with Crippen molar-refractivity contribution in [1.82, 2.24) is 19.5 Å². The first-order valence-electron chi connectivity index (χ1n) is 16.3. The summed E-state index contributed by atoms with van der Waals surface area (Å²) < 4.78 is 37.8. The van der Waals surface area contributed by atoms with E-state index in [0.717, 1.165) is 24.2 Å². The minimum Gasteiger partial charge on any atom is -0.495 e. The van der Waals surface area contributed by atoms with E-state index in [1.165, 1.54) is 24.0 Å². The maximum atomic E-state index is 14.5. The van der Waals surface area contributed by atoms with Gasteiger partial charge < -0.3 is 19.5 Å². The zero-order valence-corrected chi connectivity index (χ0v) is 32.9. The van der Waals surface area contributed by atoms with Crippen molar-refractivity contribution in [2.24, 2.45) is 0 Å². The fraction of sp³-hybridized carbons (Fsp3) is 0.429. The van der Waals surface area contributed by atoms with Gasteiger partial charge in [0.15, 0.2) is 0 Å². The van der Waals surface area contributed by atoms with Crippen molar-refractivity contribution in [2.75, 3.05) is 31.6 Å². The van der Waals surface area contributed by atoms with Crippen molar-refractivity contribution in [3.05, 3.63) is 78.7 Å². The molecule has 2 aliphatic rings. The molecule has 52 heavy (non-hydrogen) atoms. The number of methoxy groups -OCH3 is 1. The molecule has 17 heteroatoms. The number of rotatable bonds is 11. The molecule has 3 aromatic rings. The molecule has 0 spiro atoms. The van der Waals surface area contributed by atoms with Crippen LogP contribution in [0.25, 0.3) is 0 Å². The Labute approximate surface area is 324 Å². The summed E-state index contributed by atoms with van der Waals surface area (Å²) in [6, 6.07) is 8.82. The van der Waals surface area contributed by atoms with Crippen molar-refractivity contribution in [2.45, 2.75) is 79.6 Å². The minimum absolute atomic E-state index is 0.0396. The SMILES string of the molecule is CCN1CCCN(c2cc3c(cc2OC)C(CC#N)N(C(=O)c2c(Sc4c(Cl)ccc(CNSC(C)(C)C)c4Cl)cc(C(F)(F)Cl)[nH]c2=O)C3)C1=O. The number of aromatic amines is 1. The lowest BCUT2D eigenvalue weighted by atomic mass is 10.0. The number of halogens is 5. The van der Waals surface area contributed by atoms with E-state index in [1.54, 1.807) is 34.1 Å². The number of carbonyl (C=O) groups is 2. The number of carbonyl (C=O) groups excluding carboxylic acids is 2. The predicted molar refractivity (Wildman–Crippen MR) is 202 cm³/mol. The molecule has 0 bridgehead atoms. The van der Waals surface area contributed by atoms with Crippen LogP contribution in [0.3, 0.4) is 0 Å². The van der Waals surface area contributed by atoms with Crippen LogP contribution in [0.1, 0.15) is 79.3 Å². The monoisotopic (exact) mass is 812 g/mol. The summed E-state index contributed by atoms with van der Waals surface area (Å²) in [6.45, 7) is 9.93. The Morgan fingerprint density at radius 2 is 1.90 bits per heavy atom. The predicted octanol–water partition coefficient (Wildman–Crippen LogP) is 8.93. The zero-order valence-electron chi connectivity index (χ0n) is 29.0. The Morgan fingerprint density at radius 3 is 2.54 bits per heavy atom. The number of nitrogens with one attached hydrogen (secondary N) is 2. The van der Waals surface area contributed by atoms with E-state index in [0.29, 0.717) is 54.3 Å². The van der Waals surface area contributed by atoms with Gasteiger partial charge in [0, 0.05) is 47.3 Å². The van der Waals surface area contributed by atoms with Crippen molar-refractivity contribution in [3.8, 4) is 11.8 Å². The lowest BCUT2D eigenvalue weighted by Gasteiger charge is -2.35. The quantitative estimate of drug-likeness (QED) is 0.146. The highest BCUT2D eigenvalue weighted by atomic mass is 35.5. The average Bonchev–Trinajstić information content (AvgIpc) is 3.43. The van der Waals surface area contributed by atoms with E-state index in [2.05, 4.69) is 15.8 Å². The minimum atomic E-state index is -3.97. The number of amides is 3. The molecule has 3 heterocycles. The molecule has 1 unspecified atom stereocenters. The first-order valence-corrected chi connectivity index (χ1v) is 19.1. The van der Waals surface area contributed by atoms with Crippen LogP contribution in [0, 0.1) is 11.3 Å². The molecule has 0 radical (unpaired) electrons. The normalized spacial score (nSPS) is 16.3. The summed E-state index contributed by atoms with van der Waals surface area (Å²) in [5, 5.41) is 6.25. The molecule has 0 saturated carbocycles. The van der Waals surface area contributed by atoms with Crippen LogP contribution in [0.4, 0.5) is 19.3 Å². The van der Waals surface area contributed by atoms with E-state index in [1.807, 2.05) is 27.7 Å². The van der Waals surface area contributed by atoms with Crippen LogP contribution in [0.5, 0.6) is 5.75 Å². The number of H-pyrrole nitrogens is 1. The van der Waals surface area contributed by atoms with Crippen LogP contribution in [0.2, 0.25) is 10.0 Å². The summed E-state index contributed by atoms with van der Waals surface area (Å²) in [7, 11) is 1.47. The number of nitriles is 1. The topological polar surface area (TPSA) is 122 Å². The molecule has 1 aromatic heterocycles. The summed E-state index contributed by atoms with van der Waals surface area (Å²) >= 11 is 21.0. The molecular formula is C35H37Cl3F2N6O4S2. The second kappa shape index (κ2) is 16.0. The number of anilines is 1. The van der Waals surface area contributed by atoms with Gasteiger partial charge in [-0.25, -0.2) is 4.79 Å². The van der Waals surface area contributed by atoms with Gasteiger partial charge in [0.2, 0.25) is 0 Å². The number of aromatic nitrogens is 1. The third-order valence-corrected chi connectivity index (χ3v) is 11.8. The highest BCUT2D eigenvalue weighted by Gasteiger charge is 2.40. The smallest absolute Gasteiger partial charge is 0.362 e. The van der Waals surface area contributed by atoms with Crippen molar-refractivity contribution in [3.63, 3.8) is 0 Å². The summed E-state index contributed by atoms with van der Waals surface area (Å²) in [5.41, 5.74) is -0.0986. The third-order valence-electron chi connectivity index (χ3n) is 8.54. The Hall–Kier alpha value is -3.19. The van der Waals surface area contributed by atoms with Crippen molar-refractivity contribution >= 4 is 76.1 Å². The number of benzene rings is 2. The summed E-state index contributed by atoms with van der Waals surface area (Å²) in [6.07, 6.45) is 0.594. The molecule has 10 nitrogen and oxygen atoms in total. The first-order chi connectivity index (χ1) is 24.5. The Kier molecular flexibility index (Phi) is 12.3. The van der Waals surface area contributed by atoms with E-state index in [-0.39, 0.29) is 43.6 Å². The van der Waals surface area contributed by atoms with Gasteiger partial charge >= 0.3 is 11.4 Å².